The molecule has 0 aliphatic carbocycles. The zero-order valence-corrected chi connectivity index (χ0v) is 11.6. The van der Waals surface area contributed by atoms with Crippen molar-refractivity contribution in [1.82, 2.24) is 10.2 Å². The molecule has 0 aromatic carbocycles. The van der Waals surface area contributed by atoms with E-state index in [1.165, 1.54) is 19.1 Å². The second kappa shape index (κ2) is 9.98. The summed E-state index contributed by atoms with van der Waals surface area (Å²) in [6, 6.07) is -1.97. The fourth-order valence-corrected chi connectivity index (χ4v) is 1.36. The lowest BCUT2D eigenvalue weighted by atomic mass is 10.2. The Morgan fingerprint density at radius 2 is 1.70 bits per heavy atom. The van der Waals surface area contributed by atoms with Crippen LogP contribution >= 0.6 is 0 Å². The third-order valence-electron chi connectivity index (χ3n) is 2.42. The number of carboxylic acid groups (broad SMARTS) is 1. The van der Waals surface area contributed by atoms with Crippen LogP contribution in [0.1, 0.15) is 6.42 Å². The van der Waals surface area contributed by atoms with Gasteiger partial charge in [0.05, 0.1) is 19.6 Å². The molecule has 0 bridgehead atoms. The second-order valence-electron chi connectivity index (χ2n) is 3.98. The third-order valence-corrected chi connectivity index (χ3v) is 2.42. The number of nitrogens with zero attached hydrogens (tertiary/aromatic N) is 1. The molecule has 0 saturated heterocycles. The lowest BCUT2D eigenvalue weighted by molar-refractivity contribution is -0.141. The Morgan fingerprint density at radius 1 is 1.20 bits per heavy atom. The van der Waals surface area contributed by atoms with E-state index in [2.05, 4.69) is 5.32 Å². The number of carbonyl (C=O) groups excluding carboxylic acids is 2. The SMILES string of the molecule is COCCN(CCOC)C(=O)N[C@H](CC(N)=O)C(=O)O. The first kappa shape index (κ1) is 18.1. The van der Waals surface area contributed by atoms with Gasteiger partial charge in [-0.2, -0.15) is 0 Å². The first-order valence-electron chi connectivity index (χ1n) is 5.96. The van der Waals surface area contributed by atoms with Gasteiger partial charge in [-0.05, 0) is 0 Å². The Kier molecular flexibility index (Phi) is 9.05. The van der Waals surface area contributed by atoms with Crippen LogP contribution < -0.4 is 11.1 Å². The molecule has 0 aliphatic heterocycles. The highest BCUT2D eigenvalue weighted by atomic mass is 16.5. The van der Waals surface area contributed by atoms with Crippen LogP contribution in [0.25, 0.3) is 0 Å². The molecule has 20 heavy (non-hydrogen) atoms. The van der Waals surface area contributed by atoms with Crippen LogP contribution in [0.15, 0.2) is 0 Å². The van der Waals surface area contributed by atoms with Gasteiger partial charge in [-0.25, -0.2) is 9.59 Å². The largest absolute Gasteiger partial charge is 0.480 e. The van der Waals surface area contributed by atoms with E-state index in [0.29, 0.717) is 13.2 Å². The molecule has 0 heterocycles. The number of hydrogen-bond donors (Lipinski definition) is 3. The van der Waals surface area contributed by atoms with Crippen LogP contribution in [-0.2, 0) is 19.1 Å². The van der Waals surface area contributed by atoms with Gasteiger partial charge in [0, 0.05) is 27.3 Å². The molecule has 0 radical (unpaired) electrons. The highest BCUT2D eigenvalue weighted by molar-refractivity contribution is 5.87. The van der Waals surface area contributed by atoms with Crippen molar-refractivity contribution in [2.75, 3.05) is 40.5 Å². The van der Waals surface area contributed by atoms with Crippen LogP contribution in [0.3, 0.4) is 0 Å². The van der Waals surface area contributed by atoms with E-state index >= 15 is 0 Å². The van der Waals surface area contributed by atoms with Gasteiger partial charge in [-0.1, -0.05) is 0 Å². The number of aliphatic carboxylic acids is 1. The van der Waals surface area contributed by atoms with Gasteiger partial charge in [0.2, 0.25) is 5.91 Å². The van der Waals surface area contributed by atoms with Gasteiger partial charge in [0.25, 0.3) is 0 Å². The van der Waals surface area contributed by atoms with E-state index in [-0.39, 0.29) is 13.1 Å². The summed E-state index contributed by atoms with van der Waals surface area (Å²) in [6.07, 6.45) is -0.469. The average Bonchev–Trinajstić information content (AvgIpc) is 2.37. The summed E-state index contributed by atoms with van der Waals surface area (Å²) in [4.78, 5) is 35.0. The fourth-order valence-electron chi connectivity index (χ4n) is 1.36. The second-order valence-corrected chi connectivity index (χ2v) is 3.98. The van der Waals surface area contributed by atoms with Crippen molar-refractivity contribution >= 4 is 17.9 Å². The van der Waals surface area contributed by atoms with Crippen LogP contribution in [0.5, 0.6) is 0 Å². The molecule has 0 aliphatic rings. The van der Waals surface area contributed by atoms with E-state index in [0.717, 1.165) is 0 Å². The number of carbonyl (C=O) groups is 3. The molecule has 0 aromatic rings. The standard InChI is InChI=1S/C11H21N3O6/c1-19-5-3-14(4-6-20-2)11(18)13-8(10(16)17)7-9(12)15/h8H,3-7H2,1-2H3,(H2,12,15)(H,13,18)(H,16,17)/t8-/m1/s1. The number of nitrogens with one attached hydrogen (secondary N) is 1. The number of urea groups is 1. The van der Waals surface area contributed by atoms with Crippen molar-refractivity contribution < 1.29 is 29.0 Å². The monoisotopic (exact) mass is 291 g/mol. The van der Waals surface area contributed by atoms with Crippen molar-refractivity contribution in [3.05, 3.63) is 0 Å². The van der Waals surface area contributed by atoms with Crippen molar-refractivity contribution in [2.24, 2.45) is 5.73 Å². The smallest absolute Gasteiger partial charge is 0.326 e. The number of methoxy groups -OCH3 is 2. The summed E-state index contributed by atoms with van der Waals surface area (Å²) in [7, 11) is 2.97. The van der Waals surface area contributed by atoms with Crippen LogP contribution in [0.4, 0.5) is 4.79 Å². The number of primary amides is 1. The molecular weight excluding hydrogens is 270 g/mol. The van der Waals surface area contributed by atoms with Gasteiger partial charge in [-0.3, -0.25) is 4.79 Å². The number of hydrogen-bond acceptors (Lipinski definition) is 5. The predicted molar refractivity (Wildman–Crippen MR) is 69.1 cm³/mol. The third kappa shape index (κ3) is 7.54. The van der Waals surface area contributed by atoms with Gasteiger partial charge >= 0.3 is 12.0 Å². The van der Waals surface area contributed by atoms with Gasteiger partial charge in [0.1, 0.15) is 6.04 Å². The molecule has 0 unspecified atom stereocenters. The van der Waals surface area contributed by atoms with Crippen LogP contribution in [0, 0.1) is 0 Å². The molecule has 9 nitrogen and oxygen atoms in total. The zero-order valence-electron chi connectivity index (χ0n) is 11.6. The highest BCUT2D eigenvalue weighted by Crippen LogP contribution is 1.97. The number of carboxylic acids is 1. The van der Waals surface area contributed by atoms with Crippen LogP contribution in [0.2, 0.25) is 0 Å². The Bertz CT molecular complexity index is 328. The van der Waals surface area contributed by atoms with Crippen molar-refractivity contribution in [3.8, 4) is 0 Å². The number of ether oxygens (including phenoxy) is 2. The maximum atomic E-state index is 11.9. The maximum Gasteiger partial charge on any atom is 0.326 e. The number of nitrogens with two attached hydrogens (primary N) is 1. The minimum atomic E-state index is -1.35. The minimum Gasteiger partial charge on any atom is -0.480 e. The quantitative estimate of drug-likeness (QED) is 0.454. The first-order valence-corrected chi connectivity index (χ1v) is 5.96. The normalized spacial score (nSPS) is 11.7. The van der Waals surface area contributed by atoms with E-state index < -0.39 is 30.4 Å². The first-order chi connectivity index (χ1) is 9.42. The summed E-state index contributed by atoms with van der Waals surface area (Å²) in [5, 5.41) is 11.2. The lowest BCUT2D eigenvalue weighted by Crippen LogP contribution is -2.50. The molecule has 0 aromatic heterocycles. The summed E-state index contributed by atoms with van der Waals surface area (Å²) >= 11 is 0. The number of amides is 3. The van der Waals surface area contributed by atoms with Gasteiger partial charge < -0.3 is 30.5 Å². The molecule has 3 amide bonds. The average molecular weight is 291 g/mol. The maximum absolute atomic E-state index is 11.9. The molecule has 0 saturated carbocycles. The summed E-state index contributed by atoms with van der Waals surface area (Å²) < 4.78 is 9.73. The summed E-state index contributed by atoms with van der Waals surface area (Å²) in [5.41, 5.74) is 4.94. The molecule has 0 rings (SSSR count). The molecule has 4 N–H and O–H groups in total. The van der Waals surface area contributed by atoms with Crippen LogP contribution in [-0.4, -0.2) is 74.5 Å². The fraction of sp³-hybridized carbons (Fsp3) is 0.727. The molecule has 0 fully saturated rings. The number of rotatable bonds is 10. The van der Waals surface area contributed by atoms with Crippen molar-refractivity contribution in [2.45, 2.75) is 12.5 Å². The molecule has 9 heteroatoms. The van der Waals surface area contributed by atoms with Gasteiger partial charge in [0.15, 0.2) is 0 Å². The van der Waals surface area contributed by atoms with E-state index in [1.807, 2.05) is 0 Å². The predicted octanol–water partition coefficient (Wildman–Crippen LogP) is -1.38. The Morgan fingerprint density at radius 3 is 2.05 bits per heavy atom. The molecule has 116 valence electrons. The van der Waals surface area contributed by atoms with E-state index in [1.54, 1.807) is 0 Å². The molecule has 0 spiro atoms. The topological polar surface area (TPSA) is 131 Å². The Balaban J connectivity index is 4.59. The summed E-state index contributed by atoms with van der Waals surface area (Å²) in [6.45, 7) is 1.14. The van der Waals surface area contributed by atoms with Crippen molar-refractivity contribution in [1.29, 1.82) is 0 Å². The molecule has 1 atom stereocenters. The van der Waals surface area contributed by atoms with E-state index in [9.17, 15) is 14.4 Å². The minimum absolute atomic E-state index is 0.272. The highest BCUT2D eigenvalue weighted by Gasteiger charge is 2.24. The van der Waals surface area contributed by atoms with E-state index in [4.69, 9.17) is 20.3 Å². The molecular formula is C11H21N3O6. The Labute approximate surface area is 117 Å². The van der Waals surface area contributed by atoms with Gasteiger partial charge in [-0.15, -0.1) is 0 Å². The lowest BCUT2D eigenvalue weighted by Gasteiger charge is -2.24. The van der Waals surface area contributed by atoms with Crippen molar-refractivity contribution in [3.63, 3.8) is 0 Å². The Hall–Kier alpha value is -1.87. The zero-order chi connectivity index (χ0) is 15.5. The summed E-state index contributed by atoms with van der Waals surface area (Å²) in [5.74, 6) is -2.13.